The molecule has 0 amide bonds. The van der Waals surface area contributed by atoms with Gasteiger partial charge in [-0.05, 0) is 57.6 Å². The van der Waals surface area contributed by atoms with E-state index in [4.69, 9.17) is 17.3 Å². The average Bonchev–Trinajstić information content (AvgIpc) is 2.39. The van der Waals surface area contributed by atoms with Gasteiger partial charge in [-0.1, -0.05) is 17.7 Å². The Hall–Kier alpha value is -0.770. The zero-order valence-electron chi connectivity index (χ0n) is 11.9. The quantitative estimate of drug-likeness (QED) is 0.920. The van der Waals surface area contributed by atoms with Crippen LogP contribution in [0.1, 0.15) is 18.4 Å². The molecular weight excluding hydrogens is 258 g/mol. The molecule has 0 radical (unpaired) electrons. The number of halogens is 1. The summed E-state index contributed by atoms with van der Waals surface area (Å²) >= 11 is 6.43. The van der Waals surface area contributed by atoms with Crippen LogP contribution >= 0.6 is 11.6 Å². The maximum absolute atomic E-state index is 6.43. The van der Waals surface area contributed by atoms with Gasteiger partial charge in [-0.3, -0.25) is 0 Å². The van der Waals surface area contributed by atoms with Crippen molar-refractivity contribution in [3.05, 3.63) is 28.8 Å². The fraction of sp³-hybridized carbons (Fsp3) is 0.600. The first-order chi connectivity index (χ1) is 9.11. The van der Waals surface area contributed by atoms with Crippen molar-refractivity contribution in [1.82, 2.24) is 4.90 Å². The largest absolute Gasteiger partial charge is 0.369 e. The van der Waals surface area contributed by atoms with Crippen molar-refractivity contribution in [2.24, 2.45) is 5.73 Å². The predicted molar refractivity (Wildman–Crippen MR) is 83.1 cm³/mol. The third-order valence-corrected chi connectivity index (χ3v) is 4.22. The zero-order valence-corrected chi connectivity index (χ0v) is 12.7. The maximum Gasteiger partial charge on any atom is 0.0642 e. The van der Waals surface area contributed by atoms with E-state index in [0.717, 1.165) is 30.2 Å². The number of hydrogen-bond acceptors (Lipinski definition) is 3. The van der Waals surface area contributed by atoms with E-state index in [1.165, 1.54) is 18.4 Å². The van der Waals surface area contributed by atoms with Crippen LogP contribution in [0.5, 0.6) is 0 Å². The van der Waals surface area contributed by atoms with Crippen LogP contribution in [0.2, 0.25) is 5.02 Å². The third kappa shape index (κ3) is 3.62. The van der Waals surface area contributed by atoms with Crippen molar-refractivity contribution in [3.63, 3.8) is 0 Å². The first kappa shape index (κ1) is 14.6. The van der Waals surface area contributed by atoms with E-state index >= 15 is 0 Å². The minimum atomic E-state index is 0.619. The van der Waals surface area contributed by atoms with E-state index in [2.05, 4.69) is 42.1 Å². The lowest BCUT2D eigenvalue weighted by molar-refractivity contribution is 0.258. The molecule has 1 aliphatic rings. The summed E-state index contributed by atoms with van der Waals surface area (Å²) in [6, 6.07) is 6.97. The number of hydrogen-bond donors (Lipinski definition) is 1. The lowest BCUT2D eigenvalue weighted by Crippen LogP contribution is -2.45. The summed E-state index contributed by atoms with van der Waals surface area (Å²) in [5, 5.41) is 0.852. The van der Waals surface area contributed by atoms with Crippen LogP contribution in [0, 0.1) is 0 Å². The molecule has 1 aromatic rings. The van der Waals surface area contributed by atoms with Crippen LogP contribution in [0.4, 0.5) is 5.69 Å². The molecule has 1 fully saturated rings. The van der Waals surface area contributed by atoms with Crippen LogP contribution in [0.25, 0.3) is 0 Å². The van der Waals surface area contributed by atoms with Gasteiger partial charge in [0.05, 0.1) is 10.7 Å². The number of piperidine rings is 1. The van der Waals surface area contributed by atoms with Crippen LogP contribution < -0.4 is 10.6 Å². The summed E-state index contributed by atoms with van der Waals surface area (Å²) < 4.78 is 0. The first-order valence-corrected chi connectivity index (χ1v) is 7.39. The van der Waals surface area contributed by atoms with Gasteiger partial charge in [0.1, 0.15) is 0 Å². The molecule has 1 saturated heterocycles. The lowest BCUT2D eigenvalue weighted by atomic mass is 10.0. The van der Waals surface area contributed by atoms with E-state index in [0.29, 0.717) is 12.6 Å². The summed E-state index contributed by atoms with van der Waals surface area (Å²) in [6.07, 6.45) is 3.39. The zero-order chi connectivity index (χ0) is 13.8. The molecule has 0 spiro atoms. The van der Waals surface area contributed by atoms with Crippen molar-refractivity contribution in [2.45, 2.75) is 25.3 Å². The molecular formula is C15H24ClN3. The van der Waals surface area contributed by atoms with Gasteiger partial charge in [-0.15, -0.1) is 0 Å². The van der Waals surface area contributed by atoms with Crippen molar-refractivity contribution in [1.29, 1.82) is 0 Å². The van der Waals surface area contributed by atoms with Gasteiger partial charge >= 0.3 is 0 Å². The van der Waals surface area contributed by atoms with Crippen LogP contribution in [0.15, 0.2) is 18.2 Å². The molecule has 1 unspecified atom stereocenters. The van der Waals surface area contributed by atoms with E-state index in [-0.39, 0.29) is 0 Å². The highest BCUT2D eigenvalue weighted by atomic mass is 35.5. The fourth-order valence-corrected chi connectivity index (χ4v) is 3.05. The Bertz CT molecular complexity index is 420. The molecule has 1 atom stereocenters. The number of nitrogens with two attached hydrogens (primary N) is 1. The highest BCUT2D eigenvalue weighted by molar-refractivity contribution is 6.33. The van der Waals surface area contributed by atoms with Gasteiger partial charge in [-0.25, -0.2) is 0 Å². The highest BCUT2D eigenvalue weighted by Gasteiger charge is 2.22. The monoisotopic (exact) mass is 281 g/mol. The van der Waals surface area contributed by atoms with Gasteiger partial charge in [0.15, 0.2) is 0 Å². The molecule has 2 N–H and O–H groups in total. The molecule has 0 bridgehead atoms. The molecule has 0 aliphatic carbocycles. The van der Waals surface area contributed by atoms with Crippen molar-refractivity contribution in [3.8, 4) is 0 Å². The molecule has 19 heavy (non-hydrogen) atoms. The van der Waals surface area contributed by atoms with Crippen molar-refractivity contribution < 1.29 is 0 Å². The summed E-state index contributed by atoms with van der Waals surface area (Å²) in [7, 11) is 4.31. The molecule has 0 aromatic heterocycles. The summed E-state index contributed by atoms with van der Waals surface area (Å²) in [4.78, 5) is 4.71. The number of anilines is 1. The van der Waals surface area contributed by atoms with Gasteiger partial charge in [-0.2, -0.15) is 0 Å². The predicted octanol–water partition coefficient (Wildman–Crippen LogP) is 2.37. The third-order valence-electron chi connectivity index (χ3n) is 3.91. The topological polar surface area (TPSA) is 32.5 Å². The normalized spacial score (nSPS) is 20.1. The molecule has 1 aromatic carbocycles. The summed E-state index contributed by atoms with van der Waals surface area (Å²) in [5.74, 6) is 0. The number of rotatable bonds is 4. The smallest absolute Gasteiger partial charge is 0.0642 e. The minimum absolute atomic E-state index is 0.619. The van der Waals surface area contributed by atoms with E-state index in [1.807, 2.05) is 0 Å². The highest BCUT2D eigenvalue weighted by Crippen LogP contribution is 2.30. The van der Waals surface area contributed by atoms with Crippen LogP contribution in [-0.2, 0) is 6.42 Å². The number of benzene rings is 1. The van der Waals surface area contributed by atoms with E-state index in [9.17, 15) is 0 Å². The molecule has 3 nitrogen and oxygen atoms in total. The van der Waals surface area contributed by atoms with Gasteiger partial charge in [0, 0.05) is 19.1 Å². The second kappa shape index (κ2) is 6.60. The lowest BCUT2D eigenvalue weighted by Gasteiger charge is -2.38. The average molecular weight is 282 g/mol. The van der Waals surface area contributed by atoms with E-state index in [1.54, 1.807) is 0 Å². The fourth-order valence-electron chi connectivity index (χ4n) is 2.72. The minimum Gasteiger partial charge on any atom is -0.369 e. The Morgan fingerprint density at radius 2 is 2.21 bits per heavy atom. The number of likely N-dealkylation sites (N-methyl/N-ethyl adjacent to an activating group) is 1. The summed E-state index contributed by atoms with van der Waals surface area (Å²) in [5.41, 5.74) is 7.96. The van der Waals surface area contributed by atoms with Crippen LogP contribution in [-0.4, -0.2) is 44.7 Å². The van der Waals surface area contributed by atoms with Crippen LogP contribution in [0.3, 0.4) is 0 Å². The SMILES string of the molecule is CN(C)C1CCCN(c2ccc(CCN)cc2Cl)C1. The Labute approximate surface area is 121 Å². The Morgan fingerprint density at radius 3 is 2.84 bits per heavy atom. The molecule has 1 heterocycles. The van der Waals surface area contributed by atoms with Gasteiger partial charge < -0.3 is 15.5 Å². The Balaban J connectivity index is 2.12. The van der Waals surface area contributed by atoms with Crippen molar-refractivity contribution >= 4 is 17.3 Å². The first-order valence-electron chi connectivity index (χ1n) is 7.01. The van der Waals surface area contributed by atoms with Crippen molar-refractivity contribution in [2.75, 3.05) is 38.6 Å². The van der Waals surface area contributed by atoms with E-state index < -0.39 is 0 Å². The maximum atomic E-state index is 6.43. The second-order valence-corrected chi connectivity index (χ2v) is 5.94. The molecule has 1 aliphatic heterocycles. The standard InChI is InChI=1S/C15H24ClN3/c1-18(2)13-4-3-9-19(11-13)15-6-5-12(7-8-17)10-14(15)16/h5-6,10,13H,3-4,7-9,11,17H2,1-2H3. The number of nitrogens with zero attached hydrogens (tertiary/aromatic N) is 2. The molecule has 0 saturated carbocycles. The molecule has 4 heteroatoms. The summed E-state index contributed by atoms with van der Waals surface area (Å²) in [6.45, 7) is 2.82. The molecule has 106 valence electrons. The van der Waals surface area contributed by atoms with Gasteiger partial charge in [0.2, 0.25) is 0 Å². The second-order valence-electron chi connectivity index (χ2n) is 5.53. The Kier molecular flexibility index (Phi) is 5.08. The van der Waals surface area contributed by atoms with Gasteiger partial charge in [0.25, 0.3) is 0 Å². The molecule has 2 rings (SSSR count). The Morgan fingerprint density at radius 1 is 1.42 bits per heavy atom.